The van der Waals surface area contributed by atoms with Crippen LogP contribution in [0.2, 0.25) is 10.0 Å². The van der Waals surface area contributed by atoms with Crippen molar-refractivity contribution in [1.82, 2.24) is 0 Å². The number of benzene rings is 2. The van der Waals surface area contributed by atoms with E-state index in [0.29, 0.717) is 39.4 Å². The van der Waals surface area contributed by atoms with E-state index in [-0.39, 0.29) is 5.91 Å². The number of anilines is 1. The molecule has 2 aromatic rings. The van der Waals surface area contributed by atoms with Crippen molar-refractivity contribution in [2.24, 2.45) is 0 Å². The molecule has 0 heterocycles. The number of halogens is 2. The maximum absolute atomic E-state index is 12.3. The van der Waals surface area contributed by atoms with Crippen LogP contribution in [0.4, 0.5) is 5.69 Å². The maximum atomic E-state index is 12.3. The molecular weight excluding hydrogens is 325 g/mol. The minimum absolute atomic E-state index is 0.303. The van der Waals surface area contributed by atoms with Crippen LogP contribution in [0.25, 0.3) is 0 Å². The average Bonchev–Trinajstić information content (AvgIpc) is 2.49. The van der Waals surface area contributed by atoms with Crippen LogP contribution in [-0.4, -0.2) is 19.6 Å². The number of hydrogen-bond donors (Lipinski definition) is 1. The first-order chi connectivity index (χ1) is 10.6. The Labute approximate surface area is 138 Å². The molecule has 0 radical (unpaired) electrons. The normalized spacial score (nSPS) is 10.2. The van der Waals surface area contributed by atoms with Crippen LogP contribution < -0.4 is 14.8 Å². The Morgan fingerprint density at radius 3 is 2.55 bits per heavy atom. The summed E-state index contributed by atoms with van der Waals surface area (Å²) in [6.07, 6.45) is 0. The smallest absolute Gasteiger partial charge is 0.255 e. The summed E-state index contributed by atoms with van der Waals surface area (Å²) in [5, 5.41) is 3.50. The fourth-order valence-electron chi connectivity index (χ4n) is 1.92. The number of nitrogens with one attached hydrogen (secondary N) is 1. The predicted octanol–water partition coefficient (Wildman–Crippen LogP) is 4.65. The molecule has 0 saturated heterocycles. The van der Waals surface area contributed by atoms with Crippen molar-refractivity contribution in [3.63, 3.8) is 0 Å². The van der Waals surface area contributed by atoms with Gasteiger partial charge in [0.2, 0.25) is 0 Å². The lowest BCUT2D eigenvalue weighted by Crippen LogP contribution is -2.12. The van der Waals surface area contributed by atoms with Crippen LogP contribution in [0.15, 0.2) is 36.4 Å². The van der Waals surface area contributed by atoms with E-state index in [4.69, 9.17) is 32.7 Å². The fraction of sp³-hybridized carbons (Fsp3) is 0.188. The molecule has 0 spiro atoms. The largest absolute Gasteiger partial charge is 0.491 e. The van der Waals surface area contributed by atoms with Crippen molar-refractivity contribution in [3.05, 3.63) is 52.0 Å². The molecular formula is C16H15Cl2NO3. The fourth-order valence-corrected chi connectivity index (χ4v) is 2.39. The molecule has 0 aliphatic rings. The van der Waals surface area contributed by atoms with Gasteiger partial charge >= 0.3 is 0 Å². The van der Waals surface area contributed by atoms with Crippen LogP contribution >= 0.6 is 23.2 Å². The molecule has 2 rings (SSSR count). The molecule has 1 amide bonds. The molecule has 0 aliphatic carbocycles. The molecule has 0 unspecified atom stereocenters. The Balaban J connectivity index is 2.32. The van der Waals surface area contributed by atoms with Gasteiger partial charge in [0.1, 0.15) is 0 Å². The summed E-state index contributed by atoms with van der Waals surface area (Å²) >= 11 is 12.2. The number of carbonyl (C=O) groups is 1. The third kappa shape index (κ3) is 3.64. The number of rotatable bonds is 5. The minimum atomic E-state index is -0.335. The van der Waals surface area contributed by atoms with Crippen molar-refractivity contribution in [3.8, 4) is 11.5 Å². The second-order valence-corrected chi connectivity index (χ2v) is 5.17. The van der Waals surface area contributed by atoms with E-state index in [2.05, 4.69) is 5.32 Å². The van der Waals surface area contributed by atoms with Gasteiger partial charge in [0.05, 0.1) is 29.4 Å². The molecule has 0 fully saturated rings. The van der Waals surface area contributed by atoms with Crippen molar-refractivity contribution >= 4 is 34.8 Å². The summed E-state index contributed by atoms with van der Waals surface area (Å²) in [5.74, 6) is 0.484. The summed E-state index contributed by atoms with van der Waals surface area (Å²) in [5.41, 5.74) is 0.883. The Kier molecular flexibility index (Phi) is 5.52. The van der Waals surface area contributed by atoms with Gasteiger partial charge in [-0.3, -0.25) is 4.79 Å². The van der Waals surface area contributed by atoms with Crippen LogP contribution in [0, 0.1) is 0 Å². The Morgan fingerprint density at radius 2 is 1.91 bits per heavy atom. The zero-order chi connectivity index (χ0) is 16.1. The van der Waals surface area contributed by atoms with Gasteiger partial charge in [-0.25, -0.2) is 0 Å². The Morgan fingerprint density at radius 1 is 1.18 bits per heavy atom. The quantitative estimate of drug-likeness (QED) is 0.862. The average molecular weight is 340 g/mol. The van der Waals surface area contributed by atoms with E-state index in [9.17, 15) is 4.79 Å². The van der Waals surface area contributed by atoms with Crippen molar-refractivity contribution in [2.45, 2.75) is 6.92 Å². The van der Waals surface area contributed by atoms with Crippen LogP contribution in [0.1, 0.15) is 17.3 Å². The lowest BCUT2D eigenvalue weighted by Gasteiger charge is -2.13. The number of hydrogen-bond acceptors (Lipinski definition) is 3. The highest BCUT2D eigenvalue weighted by atomic mass is 35.5. The third-order valence-corrected chi connectivity index (χ3v) is 3.51. The van der Waals surface area contributed by atoms with E-state index in [1.54, 1.807) is 30.3 Å². The first kappa shape index (κ1) is 16.5. The lowest BCUT2D eigenvalue weighted by molar-refractivity contribution is 0.102. The van der Waals surface area contributed by atoms with Gasteiger partial charge in [-0.15, -0.1) is 0 Å². The van der Waals surface area contributed by atoms with Crippen molar-refractivity contribution < 1.29 is 14.3 Å². The van der Waals surface area contributed by atoms with Gasteiger partial charge < -0.3 is 14.8 Å². The molecule has 0 aliphatic heterocycles. The Hall–Kier alpha value is -1.91. The van der Waals surface area contributed by atoms with Gasteiger partial charge in [-0.2, -0.15) is 0 Å². The lowest BCUT2D eigenvalue weighted by atomic mass is 10.1. The van der Waals surface area contributed by atoms with Gasteiger partial charge in [-0.1, -0.05) is 35.3 Å². The molecule has 0 atom stereocenters. The summed E-state index contributed by atoms with van der Waals surface area (Å²) in [4.78, 5) is 12.3. The van der Waals surface area contributed by atoms with E-state index in [1.165, 1.54) is 13.2 Å². The zero-order valence-corrected chi connectivity index (χ0v) is 13.7. The SMILES string of the molecule is CCOc1cc(C(=O)Nc2ccccc2Cl)cc(Cl)c1OC. The molecule has 1 N–H and O–H groups in total. The molecule has 0 saturated carbocycles. The molecule has 116 valence electrons. The summed E-state index contributed by atoms with van der Waals surface area (Å²) in [7, 11) is 1.49. The standard InChI is InChI=1S/C16H15Cl2NO3/c1-3-22-14-9-10(8-12(18)15(14)21-2)16(20)19-13-7-5-4-6-11(13)17/h4-9H,3H2,1-2H3,(H,19,20). The van der Waals surface area contributed by atoms with Gasteiger partial charge in [0.25, 0.3) is 5.91 Å². The zero-order valence-electron chi connectivity index (χ0n) is 12.2. The Bertz CT molecular complexity index is 689. The summed E-state index contributed by atoms with van der Waals surface area (Å²) in [6.45, 7) is 2.27. The van der Waals surface area contributed by atoms with Crippen LogP contribution in [-0.2, 0) is 0 Å². The second kappa shape index (κ2) is 7.38. The molecule has 2 aromatic carbocycles. The number of methoxy groups -OCH3 is 1. The van der Waals surface area contributed by atoms with Gasteiger partial charge in [-0.05, 0) is 31.2 Å². The first-order valence-electron chi connectivity index (χ1n) is 6.63. The van der Waals surface area contributed by atoms with Crippen molar-refractivity contribution in [2.75, 3.05) is 19.0 Å². The predicted molar refractivity (Wildman–Crippen MR) is 88.6 cm³/mol. The molecule has 0 bridgehead atoms. The first-order valence-corrected chi connectivity index (χ1v) is 7.38. The van der Waals surface area contributed by atoms with E-state index in [0.717, 1.165) is 0 Å². The van der Waals surface area contributed by atoms with Crippen LogP contribution in [0.3, 0.4) is 0 Å². The highest BCUT2D eigenvalue weighted by Crippen LogP contribution is 2.36. The number of para-hydroxylation sites is 1. The van der Waals surface area contributed by atoms with Crippen molar-refractivity contribution in [1.29, 1.82) is 0 Å². The topological polar surface area (TPSA) is 47.6 Å². The summed E-state index contributed by atoms with van der Waals surface area (Å²) < 4.78 is 10.6. The second-order valence-electron chi connectivity index (χ2n) is 4.36. The minimum Gasteiger partial charge on any atom is -0.491 e. The van der Waals surface area contributed by atoms with Gasteiger partial charge in [0.15, 0.2) is 11.5 Å². The molecule has 0 aromatic heterocycles. The number of carbonyl (C=O) groups excluding carboxylic acids is 1. The number of amides is 1. The van der Waals surface area contributed by atoms with E-state index in [1.807, 2.05) is 6.92 Å². The van der Waals surface area contributed by atoms with E-state index >= 15 is 0 Å². The third-order valence-electron chi connectivity index (χ3n) is 2.90. The highest BCUT2D eigenvalue weighted by molar-refractivity contribution is 6.34. The number of ether oxygens (including phenoxy) is 2. The monoisotopic (exact) mass is 339 g/mol. The molecule has 6 heteroatoms. The maximum Gasteiger partial charge on any atom is 0.255 e. The summed E-state index contributed by atoms with van der Waals surface area (Å²) in [6, 6.07) is 10.1. The van der Waals surface area contributed by atoms with Gasteiger partial charge in [0, 0.05) is 5.56 Å². The van der Waals surface area contributed by atoms with E-state index < -0.39 is 0 Å². The molecule has 4 nitrogen and oxygen atoms in total. The molecule has 22 heavy (non-hydrogen) atoms. The van der Waals surface area contributed by atoms with Crippen LogP contribution in [0.5, 0.6) is 11.5 Å². The highest BCUT2D eigenvalue weighted by Gasteiger charge is 2.16.